The molecule has 1 saturated heterocycles. The Morgan fingerprint density at radius 3 is 2.47 bits per heavy atom. The fourth-order valence-corrected chi connectivity index (χ4v) is 6.13. The van der Waals surface area contributed by atoms with Crippen molar-refractivity contribution in [1.82, 2.24) is 4.98 Å². The van der Waals surface area contributed by atoms with Crippen molar-refractivity contribution in [3.63, 3.8) is 0 Å². The summed E-state index contributed by atoms with van der Waals surface area (Å²) in [6.07, 6.45) is -3.73. The number of rotatable bonds is 5. The van der Waals surface area contributed by atoms with E-state index in [1.54, 1.807) is 0 Å². The second-order valence-corrected chi connectivity index (χ2v) is 12.5. The molecule has 2 aromatic rings. The molecule has 1 fully saturated rings. The van der Waals surface area contributed by atoms with Crippen molar-refractivity contribution in [1.29, 1.82) is 0 Å². The van der Waals surface area contributed by atoms with Gasteiger partial charge in [0.25, 0.3) is 0 Å². The van der Waals surface area contributed by atoms with Gasteiger partial charge in [-0.2, -0.15) is 0 Å². The number of benzene rings is 1. The predicted molar refractivity (Wildman–Crippen MR) is 109 cm³/mol. The molecule has 13 heteroatoms. The molecule has 0 radical (unpaired) electrons. The Balaban J connectivity index is 1.93. The Morgan fingerprint density at radius 2 is 1.88 bits per heavy atom. The van der Waals surface area contributed by atoms with E-state index in [9.17, 15) is 30.0 Å². The van der Waals surface area contributed by atoms with E-state index in [0.717, 1.165) is 30.7 Å². The van der Waals surface area contributed by atoms with Crippen molar-refractivity contribution in [2.24, 2.45) is 0 Å². The minimum atomic E-state index is -4.96. The molecule has 7 nitrogen and oxygen atoms in total. The highest BCUT2D eigenvalue weighted by Crippen LogP contribution is 2.43. The van der Waals surface area contributed by atoms with E-state index >= 15 is 0 Å². The lowest BCUT2D eigenvalue weighted by Crippen LogP contribution is -2.42. The van der Waals surface area contributed by atoms with E-state index in [0.29, 0.717) is 0 Å². The minimum Gasteiger partial charge on any atom is -0.406 e. The Morgan fingerprint density at radius 1 is 1.19 bits per heavy atom. The number of nitrogens with zero attached hydrogens (tertiary/aromatic N) is 1. The second kappa shape index (κ2) is 8.47. The van der Waals surface area contributed by atoms with E-state index in [2.05, 4.69) is 9.72 Å². The molecule has 3 rings (SSSR count). The molecule has 0 saturated carbocycles. The molecule has 1 aliphatic heterocycles. The molecule has 176 valence electrons. The zero-order valence-electron chi connectivity index (χ0n) is 16.9. The van der Waals surface area contributed by atoms with Crippen LogP contribution in [0, 0.1) is 0 Å². The number of halogens is 4. The monoisotopic (exact) mass is 513 g/mol. The van der Waals surface area contributed by atoms with E-state index in [1.807, 2.05) is 0 Å². The Kier molecular flexibility index (Phi) is 6.55. The fourth-order valence-electron chi connectivity index (χ4n) is 3.38. The average molecular weight is 514 g/mol. The van der Waals surface area contributed by atoms with Crippen LogP contribution in [0.4, 0.5) is 13.2 Å². The Labute approximate surface area is 188 Å². The lowest BCUT2D eigenvalue weighted by Gasteiger charge is -2.37. The number of aromatic nitrogens is 1. The van der Waals surface area contributed by atoms with Gasteiger partial charge < -0.3 is 9.47 Å². The third kappa shape index (κ3) is 5.19. The van der Waals surface area contributed by atoms with Gasteiger partial charge in [0, 0.05) is 19.1 Å². The maximum atomic E-state index is 13.3. The third-order valence-electron chi connectivity index (χ3n) is 5.14. The number of pyridine rings is 1. The smallest absolute Gasteiger partial charge is 0.406 e. The molecule has 0 bridgehead atoms. The van der Waals surface area contributed by atoms with Gasteiger partial charge in [-0.05, 0) is 44.0 Å². The topological polar surface area (TPSA) is 99.6 Å². The first-order chi connectivity index (χ1) is 14.6. The highest BCUT2D eigenvalue weighted by molar-refractivity contribution is 7.92. The van der Waals surface area contributed by atoms with E-state index in [4.69, 9.17) is 16.3 Å². The minimum absolute atomic E-state index is 0.000137. The van der Waals surface area contributed by atoms with Gasteiger partial charge in [-0.15, -0.1) is 13.2 Å². The van der Waals surface area contributed by atoms with Gasteiger partial charge in [0.15, 0.2) is 19.7 Å². The zero-order chi connectivity index (χ0) is 23.9. The van der Waals surface area contributed by atoms with E-state index in [-0.39, 0.29) is 40.0 Å². The lowest BCUT2D eigenvalue weighted by atomic mass is 9.94. The third-order valence-corrected chi connectivity index (χ3v) is 9.07. The van der Waals surface area contributed by atoms with E-state index in [1.165, 1.54) is 19.1 Å². The van der Waals surface area contributed by atoms with Crippen LogP contribution < -0.4 is 4.74 Å². The zero-order valence-corrected chi connectivity index (χ0v) is 19.3. The number of sulfone groups is 2. The summed E-state index contributed by atoms with van der Waals surface area (Å²) < 4.78 is 95.8. The second-order valence-electron chi connectivity index (χ2n) is 7.60. The average Bonchev–Trinajstić information content (AvgIpc) is 2.66. The van der Waals surface area contributed by atoms with Crippen molar-refractivity contribution >= 4 is 31.3 Å². The summed E-state index contributed by atoms with van der Waals surface area (Å²) in [4.78, 5) is 3.64. The van der Waals surface area contributed by atoms with Crippen LogP contribution in [-0.2, 0) is 24.4 Å². The van der Waals surface area contributed by atoms with Gasteiger partial charge in [-0.25, -0.2) is 16.8 Å². The lowest BCUT2D eigenvalue weighted by molar-refractivity contribution is -0.274. The summed E-state index contributed by atoms with van der Waals surface area (Å²) in [6.45, 7) is 1.49. The van der Waals surface area contributed by atoms with Crippen molar-refractivity contribution in [2.75, 3.05) is 12.9 Å². The molecule has 0 aliphatic carbocycles. The normalized spacial score (nSPS) is 22.5. The largest absolute Gasteiger partial charge is 0.573 e. The number of hydrogen-bond donors (Lipinski definition) is 0. The number of ether oxygens (including phenoxy) is 2. The van der Waals surface area contributed by atoms with Gasteiger partial charge in [0.1, 0.15) is 11.9 Å². The molecule has 1 aliphatic rings. The van der Waals surface area contributed by atoms with Crippen LogP contribution >= 0.6 is 11.6 Å². The first-order valence-corrected chi connectivity index (χ1v) is 13.0. The Hall–Kier alpha value is -1.89. The van der Waals surface area contributed by atoms with Gasteiger partial charge >= 0.3 is 6.36 Å². The van der Waals surface area contributed by atoms with Crippen LogP contribution in [0.3, 0.4) is 0 Å². The van der Waals surface area contributed by atoms with Gasteiger partial charge in [-0.3, -0.25) is 4.98 Å². The maximum Gasteiger partial charge on any atom is 0.573 e. The van der Waals surface area contributed by atoms with Gasteiger partial charge in [0.2, 0.25) is 0 Å². The summed E-state index contributed by atoms with van der Waals surface area (Å²) in [5.41, 5.74) is 0.175. The first kappa shape index (κ1) is 24.7. The molecule has 0 amide bonds. The van der Waals surface area contributed by atoms with Gasteiger partial charge in [-0.1, -0.05) is 17.7 Å². The number of alkyl halides is 3. The SMILES string of the molecule is CC1(S(=O)(=O)c2cccc(OC(F)(F)F)c2)CCOC(c2ncc(S(C)(=O)=O)cc2Cl)C1. The van der Waals surface area contributed by atoms with Crippen molar-refractivity contribution < 1.29 is 39.5 Å². The van der Waals surface area contributed by atoms with Crippen LogP contribution in [0.2, 0.25) is 5.02 Å². The maximum absolute atomic E-state index is 13.3. The molecule has 2 atom stereocenters. The number of hydrogen-bond acceptors (Lipinski definition) is 7. The van der Waals surface area contributed by atoms with Crippen molar-refractivity contribution in [3.8, 4) is 5.75 Å². The highest BCUT2D eigenvalue weighted by Gasteiger charge is 2.46. The molecule has 1 aromatic heterocycles. The first-order valence-electron chi connectivity index (χ1n) is 9.20. The quantitative estimate of drug-likeness (QED) is 0.593. The van der Waals surface area contributed by atoms with Crippen molar-refractivity contribution in [2.45, 2.75) is 46.8 Å². The van der Waals surface area contributed by atoms with E-state index < -0.39 is 42.6 Å². The summed E-state index contributed by atoms with van der Waals surface area (Å²) in [5, 5.41) is 0.000137. The summed E-state index contributed by atoms with van der Waals surface area (Å²) in [7, 11) is -7.67. The van der Waals surface area contributed by atoms with Crippen molar-refractivity contribution in [3.05, 3.63) is 47.2 Å². The van der Waals surface area contributed by atoms with Crippen LogP contribution in [-0.4, -0.2) is 45.8 Å². The molecule has 0 N–H and O–H groups in total. The van der Waals surface area contributed by atoms with Crippen LogP contribution in [0.25, 0.3) is 0 Å². The molecule has 2 heterocycles. The summed E-state index contributed by atoms with van der Waals surface area (Å²) in [5.74, 6) is -0.646. The fraction of sp³-hybridized carbons (Fsp3) is 0.421. The molecule has 0 spiro atoms. The highest BCUT2D eigenvalue weighted by atomic mass is 35.5. The molecular formula is C19H19ClF3NO6S2. The standard InChI is InChI=1S/C19H19ClF3NO6S2/c1-18(32(27,28)13-5-3-4-12(8-13)30-19(21,22)23)6-7-29-16(10-18)17-15(20)9-14(11-24-17)31(2,25)26/h3-5,8-9,11,16H,6-7,10H2,1-2H3. The summed E-state index contributed by atoms with van der Waals surface area (Å²) in [6, 6.07) is 5.40. The molecule has 32 heavy (non-hydrogen) atoms. The predicted octanol–water partition coefficient (Wildman–Crippen LogP) is 4.12. The van der Waals surface area contributed by atoms with Crippen LogP contribution in [0.5, 0.6) is 5.75 Å². The molecule has 1 aromatic carbocycles. The van der Waals surface area contributed by atoms with Gasteiger partial charge in [0.05, 0.1) is 25.3 Å². The molecular weight excluding hydrogens is 495 g/mol. The van der Waals surface area contributed by atoms with Crippen LogP contribution in [0.15, 0.2) is 46.3 Å². The summed E-state index contributed by atoms with van der Waals surface area (Å²) >= 11 is 6.20. The molecule has 2 unspecified atom stereocenters. The Bertz CT molecular complexity index is 1230. The van der Waals surface area contributed by atoms with Crippen LogP contribution in [0.1, 0.15) is 31.6 Å².